The molecule has 0 aliphatic rings. The number of halogens is 6. The lowest BCUT2D eigenvalue weighted by atomic mass is 9.56. The zero-order valence-corrected chi connectivity index (χ0v) is 19.7. The van der Waals surface area contributed by atoms with Crippen LogP contribution in [-0.4, -0.2) is 12.4 Å². The lowest BCUT2D eigenvalue weighted by molar-refractivity contribution is -0.276. The highest BCUT2D eigenvalue weighted by molar-refractivity contribution is 4.99. The van der Waals surface area contributed by atoms with Crippen molar-refractivity contribution in [3.8, 4) is 0 Å². The third kappa shape index (κ3) is 5.26. The summed E-state index contributed by atoms with van der Waals surface area (Å²) in [6, 6.07) is 0. The molecule has 0 aromatic carbocycles. The molecule has 0 saturated carbocycles. The molecule has 3 unspecified atom stereocenters. The Kier molecular flexibility index (Phi) is 9.66. The first-order chi connectivity index (χ1) is 12.9. The van der Waals surface area contributed by atoms with Crippen LogP contribution < -0.4 is 0 Å². The van der Waals surface area contributed by atoms with Gasteiger partial charge in [-0.15, -0.1) is 0 Å². The van der Waals surface area contributed by atoms with Gasteiger partial charge in [0.05, 0.1) is 10.8 Å². The molecular formula is C23H42F6. The molecule has 6 heteroatoms. The number of hydrogen-bond acceptors (Lipinski definition) is 0. The summed E-state index contributed by atoms with van der Waals surface area (Å²) >= 11 is 0. The van der Waals surface area contributed by atoms with Crippen molar-refractivity contribution in [2.75, 3.05) is 0 Å². The predicted molar refractivity (Wildman–Crippen MR) is 109 cm³/mol. The highest BCUT2D eigenvalue weighted by atomic mass is 19.4. The molecule has 0 spiro atoms. The molecule has 0 amide bonds. The highest BCUT2D eigenvalue weighted by Crippen LogP contribution is 2.59. The van der Waals surface area contributed by atoms with Crippen LogP contribution in [0.4, 0.5) is 26.3 Å². The van der Waals surface area contributed by atoms with Gasteiger partial charge in [-0.2, -0.15) is 26.3 Å². The van der Waals surface area contributed by atoms with Crippen molar-refractivity contribution in [1.29, 1.82) is 0 Å². The summed E-state index contributed by atoms with van der Waals surface area (Å²) in [5, 5.41) is 0. The Morgan fingerprint density at radius 3 is 1.45 bits per heavy atom. The lowest BCUT2D eigenvalue weighted by Crippen LogP contribution is -2.52. The van der Waals surface area contributed by atoms with E-state index in [4.69, 9.17) is 0 Å². The van der Waals surface area contributed by atoms with Gasteiger partial charge in [0, 0.05) is 0 Å². The van der Waals surface area contributed by atoms with Gasteiger partial charge in [-0.25, -0.2) is 0 Å². The topological polar surface area (TPSA) is 0 Å². The Labute approximate surface area is 174 Å². The minimum Gasteiger partial charge on any atom is -0.170 e. The summed E-state index contributed by atoms with van der Waals surface area (Å²) in [5.74, 6) is -1.76. The molecule has 0 rings (SSSR count). The van der Waals surface area contributed by atoms with Gasteiger partial charge in [-0.1, -0.05) is 81.6 Å². The van der Waals surface area contributed by atoms with Crippen LogP contribution in [-0.2, 0) is 0 Å². The van der Waals surface area contributed by atoms with Gasteiger partial charge in [0.25, 0.3) is 0 Å². The molecule has 0 heterocycles. The Bertz CT molecular complexity index is 491. The molecule has 29 heavy (non-hydrogen) atoms. The molecule has 0 saturated heterocycles. The number of rotatable bonds is 11. The molecule has 0 radical (unpaired) electrons. The van der Waals surface area contributed by atoms with E-state index in [0.29, 0.717) is 25.7 Å². The molecule has 176 valence electrons. The van der Waals surface area contributed by atoms with Crippen LogP contribution in [0.5, 0.6) is 0 Å². The second-order valence-corrected chi connectivity index (χ2v) is 9.86. The zero-order valence-electron chi connectivity index (χ0n) is 19.7. The van der Waals surface area contributed by atoms with Crippen molar-refractivity contribution >= 4 is 0 Å². The molecular weight excluding hydrogens is 390 g/mol. The van der Waals surface area contributed by atoms with Crippen LogP contribution in [0.2, 0.25) is 0 Å². The molecule has 0 aliphatic heterocycles. The third-order valence-corrected chi connectivity index (χ3v) is 8.61. The monoisotopic (exact) mass is 432 g/mol. The minimum absolute atomic E-state index is 0.263. The summed E-state index contributed by atoms with van der Waals surface area (Å²) in [6.45, 7) is 14.3. The average molecular weight is 433 g/mol. The van der Waals surface area contributed by atoms with Crippen LogP contribution in [0.25, 0.3) is 0 Å². The largest absolute Gasteiger partial charge is 0.395 e. The van der Waals surface area contributed by atoms with Crippen molar-refractivity contribution in [2.45, 2.75) is 113 Å². The highest BCUT2D eigenvalue weighted by Gasteiger charge is 2.62. The Balaban J connectivity index is 5.64. The summed E-state index contributed by atoms with van der Waals surface area (Å²) in [6.07, 6.45) is -6.61. The third-order valence-electron chi connectivity index (χ3n) is 8.61. The van der Waals surface area contributed by atoms with Gasteiger partial charge >= 0.3 is 12.4 Å². The van der Waals surface area contributed by atoms with E-state index >= 15 is 0 Å². The van der Waals surface area contributed by atoms with Crippen LogP contribution >= 0.6 is 0 Å². The van der Waals surface area contributed by atoms with Gasteiger partial charge in [-0.05, 0) is 42.4 Å². The summed E-state index contributed by atoms with van der Waals surface area (Å²) in [7, 11) is 0. The molecule has 0 aromatic rings. The molecule has 4 atom stereocenters. The quantitative estimate of drug-likeness (QED) is 0.285. The van der Waals surface area contributed by atoms with Gasteiger partial charge < -0.3 is 0 Å². The van der Waals surface area contributed by atoms with E-state index in [1.165, 1.54) is 13.8 Å². The van der Waals surface area contributed by atoms with Crippen molar-refractivity contribution in [2.24, 2.45) is 34.0 Å². The van der Waals surface area contributed by atoms with Crippen LogP contribution in [0.15, 0.2) is 0 Å². The summed E-state index contributed by atoms with van der Waals surface area (Å²) in [5.41, 5.74) is -4.74. The second-order valence-electron chi connectivity index (χ2n) is 9.86. The number of hydrogen-bond donors (Lipinski definition) is 0. The normalized spacial score (nSPS) is 21.0. The number of alkyl halides is 6. The van der Waals surface area contributed by atoms with Crippen molar-refractivity contribution in [3.63, 3.8) is 0 Å². The van der Waals surface area contributed by atoms with Crippen molar-refractivity contribution in [1.82, 2.24) is 0 Å². The summed E-state index contributed by atoms with van der Waals surface area (Å²) in [4.78, 5) is 0. The summed E-state index contributed by atoms with van der Waals surface area (Å²) < 4.78 is 84.1. The maximum absolute atomic E-state index is 14.0. The fourth-order valence-electron chi connectivity index (χ4n) is 5.32. The Morgan fingerprint density at radius 2 is 1.17 bits per heavy atom. The molecule has 0 N–H and O–H groups in total. The standard InChI is InChI=1S/C23H42F6/c1-10-18(11-2)20(8,22(24,25)26)17(6)14-13-15-19(7,12-3)21(9,16(4)5)23(27,28)29/h16-18H,10-15H2,1-9H3/t17?,19?,20?,21-/m0/s1. The van der Waals surface area contributed by atoms with E-state index in [1.807, 2.05) is 0 Å². The van der Waals surface area contributed by atoms with E-state index in [0.717, 1.165) is 0 Å². The van der Waals surface area contributed by atoms with Gasteiger partial charge in [0.1, 0.15) is 0 Å². The molecule has 0 bridgehead atoms. The Hall–Kier alpha value is -0.420. The second kappa shape index (κ2) is 9.80. The first-order valence-electron chi connectivity index (χ1n) is 11.0. The van der Waals surface area contributed by atoms with E-state index < -0.39 is 46.4 Å². The molecule has 0 aliphatic carbocycles. The van der Waals surface area contributed by atoms with Crippen molar-refractivity contribution in [3.05, 3.63) is 0 Å². The average Bonchev–Trinajstić information content (AvgIpc) is 2.59. The van der Waals surface area contributed by atoms with E-state index in [1.54, 1.807) is 48.5 Å². The fourth-order valence-corrected chi connectivity index (χ4v) is 5.32. The van der Waals surface area contributed by atoms with E-state index in [-0.39, 0.29) is 12.8 Å². The van der Waals surface area contributed by atoms with Gasteiger partial charge in [-0.3, -0.25) is 0 Å². The zero-order chi connectivity index (χ0) is 23.5. The molecule has 0 nitrogen and oxygen atoms in total. The smallest absolute Gasteiger partial charge is 0.170 e. The first-order valence-corrected chi connectivity index (χ1v) is 11.0. The first kappa shape index (κ1) is 28.6. The minimum atomic E-state index is -4.37. The van der Waals surface area contributed by atoms with Gasteiger partial charge in [0.15, 0.2) is 0 Å². The lowest BCUT2D eigenvalue weighted by Gasteiger charge is -2.50. The maximum Gasteiger partial charge on any atom is 0.395 e. The van der Waals surface area contributed by atoms with Gasteiger partial charge in [0.2, 0.25) is 0 Å². The maximum atomic E-state index is 14.0. The van der Waals surface area contributed by atoms with Crippen LogP contribution in [0, 0.1) is 34.0 Å². The molecule has 0 fully saturated rings. The van der Waals surface area contributed by atoms with Crippen molar-refractivity contribution < 1.29 is 26.3 Å². The van der Waals surface area contributed by atoms with Crippen LogP contribution in [0.3, 0.4) is 0 Å². The fraction of sp³-hybridized carbons (Fsp3) is 1.00. The molecule has 0 aromatic heterocycles. The van der Waals surface area contributed by atoms with E-state index in [9.17, 15) is 26.3 Å². The Morgan fingerprint density at radius 1 is 0.724 bits per heavy atom. The SMILES string of the molecule is CCC(CC)C(C)(C(C)CCCC(C)(CC)[C@](C)(C(C)C)C(F)(F)F)C(F)(F)F. The van der Waals surface area contributed by atoms with E-state index in [2.05, 4.69) is 0 Å². The van der Waals surface area contributed by atoms with Crippen LogP contribution in [0.1, 0.15) is 101 Å². The predicted octanol–water partition coefficient (Wildman–Crippen LogP) is 9.44.